The number of hydrogen-bond donors (Lipinski definition) is 4. The van der Waals surface area contributed by atoms with Crippen molar-refractivity contribution in [3.63, 3.8) is 0 Å². The number of esters is 1. The topological polar surface area (TPSA) is 175 Å². The molecular formula is C33H26F3I2N5O7S2. The Balaban J connectivity index is 0.000000207. The van der Waals surface area contributed by atoms with Gasteiger partial charge in [0.15, 0.2) is 11.5 Å². The van der Waals surface area contributed by atoms with Gasteiger partial charge >= 0.3 is 24.1 Å². The van der Waals surface area contributed by atoms with Crippen LogP contribution in [0.15, 0.2) is 85.5 Å². The first-order valence-corrected chi connectivity index (χ1v) is 18.4. The van der Waals surface area contributed by atoms with E-state index in [1.165, 1.54) is 26.2 Å². The van der Waals surface area contributed by atoms with Crippen molar-refractivity contribution in [1.82, 2.24) is 15.3 Å². The molecule has 19 heteroatoms. The van der Waals surface area contributed by atoms with E-state index in [2.05, 4.69) is 65.8 Å². The first kappa shape index (κ1) is 40.3. The molecule has 2 aromatic carbocycles. The smallest absolute Gasteiger partial charge is 0.475 e. The number of carbonyl (C=O) groups excluding carboxylic acids is 2. The van der Waals surface area contributed by atoms with Gasteiger partial charge in [-0.3, -0.25) is 20.1 Å². The lowest BCUT2D eigenvalue weighted by molar-refractivity contribution is -0.192. The van der Waals surface area contributed by atoms with E-state index >= 15 is 0 Å². The maximum atomic E-state index is 11.9. The standard InChI is InChI=1S/C18H16IN3O4S.C13H9IN2OS.C2HF3O2/c1-2-25-17(23)10-21-18(24)22-16-7-13-14(8-20-9-15(13)27-16)26-12-5-3-11(19)4-6-12;14-8-1-3-9(4-2-8)17-11-6-16-7-12-10(11)5-13(15)18-12;3-2(4,5)1(6)7/h3-9H,2,10H2,1H3,(H2,21,22,24);1-7H,15H2;(H,6,7). The number of alkyl halides is 3. The number of aromatic nitrogens is 2. The van der Waals surface area contributed by atoms with Gasteiger partial charge in [0.25, 0.3) is 0 Å². The van der Waals surface area contributed by atoms with E-state index in [1.807, 2.05) is 60.7 Å². The lowest BCUT2D eigenvalue weighted by Crippen LogP contribution is -2.33. The lowest BCUT2D eigenvalue weighted by atomic mass is 10.3. The van der Waals surface area contributed by atoms with Crippen molar-refractivity contribution in [3.8, 4) is 23.0 Å². The Kier molecular flexibility index (Phi) is 14.6. The Bertz CT molecular complexity index is 2150. The number of nitrogens with zero attached hydrogens (tertiary/aromatic N) is 2. The monoisotopic (exact) mass is 979 g/mol. The summed E-state index contributed by atoms with van der Waals surface area (Å²) in [5.74, 6) is -0.396. The molecule has 0 atom stereocenters. The van der Waals surface area contributed by atoms with Crippen LogP contribution in [0.5, 0.6) is 23.0 Å². The van der Waals surface area contributed by atoms with Crippen LogP contribution in [0.25, 0.3) is 20.2 Å². The number of rotatable bonds is 8. The number of benzene rings is 2. The third-order valence-electron chi connectivity index (χ3n) is 6.10. The molecule has 4 aromatic heterocycles. The summed E-state index contributed by atoms with van der Waals surface area (Å²) in [6, 6.07) is 18.8. The molecule has 52 heavy (non-hydrogen) atoms. The largest absolute Gasteiger partial charge is 0.490 e. The Morgan fingerprint density at radius 3 is 1.79 bits per heavy atom. The van der Waals surface area contributed by atoms with Gasteiger partial charge in [0.2, 0.25) is 0 Å². The molecule has 0 radical (unpaired) electrons. The summed E-state index contributed by atoms with van der Waals surface area (Å²) in [5.41, 5.74) is 5.81. The molecule has 0 saturated carbocycles. The molecule has 272 valence electrons. The van der Waals surface area contributed by atoms with Gasteiger partial charge in [0.05, 0.1) is 38.4 Å². The van der Waals surface area contributed by atoms with E-state index in [1.54, 1.807) is 31.7 Å². The van der Waals surface area contributed by atoms with Crippen molar-refractivity contribution >= 4 is 116 Å². The molecule has 0 saturated heterocycles. The molecule has 5 N–H and O–H groups in total. The van der Waals surface area contributed by atoms with Gasteiger partial charge in [-0.15, -0.1) is 22.7 Å². The van der Waals surface area contributed by atoms with Gasteiger partial charge in [0, 0.05) is 30.3 Å². The molecule has 0 unspecified atom stereocenters. The number of anilines is 2. The molecule has 4 heterocycles. The lowest BCUT2D eigenvalue weighted by Gasteiger charge is -2.06. The highest BCUT2D eigenvalue weighted by Gasteiger charge is 2.38. The van der Waals surface area contributed by atoms with Crippen LogP contribution >= 0.6 is 67.9 Å². The quantitative estimate of drug-likeness (QED) is 0.0850. The molecule has 0 spiro atoms. The molecule has 6 aromatic rings. The zero-order valence-electron chi connectivity index (χ0n) is 26.6. The number of carboxylic acid groups (broad SMARTS) is 1. The van der Waals surface area contributed by atoms with E-state index < -0.39 is 24.1 Å². The van der Waals surface area contributed by atoms with E-state index in [9.17, 15) is 22.8 Å². The molecule has 0 aliphatic heterocycles. The zero-order valence-corrected chi connectivity index (χ0v) is 32.5. The van der Waals surface area contributed by atoms with Crippen LogP contribution in [-0.4, -0.2) is 52.4 Å². The average Bonchev–Trinajstić information content (AvgIpc) is 3.69. The van der Waals surface area contributed by atoms with Gasteiger partial charge < -0.3 is 30.4 Å². The fourth-order valence-corrected chi connectivity index (χ4v) is 6.37. The predicted octanol–water partition coefficient (Wildman–Crippen LogP) is 9.29. The second-order valence-corrected chi connectivity index (χ2v) is 14.6. The number of nitrogens with two attached hydrogens (primary N) is 1. The number of amides is 2. The number of nitrogen functional groups attached to an aromatic ring is 1. The van der Waals surface area contributed by atoms with E-state index in [4.69, 9.17) is 29.8 Å². The number of halogens is 5. The number of ether oxygens (including phenoxy) is 3. The first-order chi connectivity index (χ1) is 24.7. The van der Waals surface area contributed by atoms with E-state index in [-0.39, 0.29) is 13.2 Å². The summed E-state index contributed by atoms with van der Waals surface area (Å²) in [6.45, 7) is 1.79. The maximum Gasteiger partial charge on any atom is 0.490 e. The van der Waals surface area contributed by atoms with Crippen LogP contribution in [0.3, 0.4) is 0 Å². The summed E-state index contributed by atoms with van der Waals surface area (Å²) >= 11 is 7.37. The van der Waals surface area contributed by atoms with Gasteiger partial charge in [-0.25, -0.2) is 9.59 Å². The van der Waals surface area contributed by atoms with Crippen molar-refractivity contribution < 1.29 is 46.9 Å². The Labute approximate surface area is 328 Å². The summed E-state index contributed by atoms with van der Waals surface area (Å²) in [5, 5.41) is 15.5. The Hall–Kier alpha value is -4.48. The minimum Gasteiger partial charge on any atom is -0.475 e. The summed E-state index contributed by atoms with van der Waals surface area (Å²) in [4.78, 5) is 40.5. The van der Waals surface area contributed by atoms with Crippen molar-refractivity contribution in [2.75, 3.05) is 24.2 Å². The number of fused-ring (bicyclic) bond motifs is 2. The molecule has 2 amide bonds. The van der Waals surface area contributed by atoms with Crippen molar-refractivity contribution in [1.29, 1.82) is 0 Å². The van der Waals surface area contributed by atoms with Gasteiger partial charge in [0.1, 0.15) is 18.0 Å². The van der Waals surface area contributed by atoms with Crippen LogP contribution in [-0.2, 0) is 14.3 Å². The van der Waals surface area contributed by atoms with Crippen LogP contribution in [0, 0.1) is 7.14 Å². The minimum absolute atomic E-state index is 0.187. The number of pyridine rings is 2. The number of thiophene rings is 2. The molecule has 0 aliphatic carbocycles. The van der Waals surface area contributed by atoms with Crippen molar-refractivity contribution in [2.24, 2.45) is 0 Å². The fraction of sp³-hybridized carbons (Fsp3) is 0.121. The number of nitrogens with one attached hydrogen (secondary N) is 2. The average molecular weight is 980 g/mol. The summed E-state index contributed by atoms with van der Waals surface area (Å²) in [7, 11) is 0. The van der Waals surface area contributed by atoms with Crippen molar-refractivity contribution in [2.45, 2.75) is 13.1 Å². The number of urea groups is 1. The highest BCUT2D eigenvalue weighted by atomic mass is 127. The van der Waals surface area contributed by atoms with Gasteiger partial charge in [-0.2, -0.15) is 13.2 Å². The summed E-state index contributed by atoms with van der Waals surface area (Å²) in [6.07, 6.45) is 1.78. The fourth-order valence-electron chi connectivity index (χ4n) is 3.90. The Morgan fingerprint density at radius 2 is 1.31 bits per heavy atom. The normalized spacial score (nSPS) is 10.7. The number of aliphatic carboxylic acids is 1. The SMILES string of the molecule is CCOC(=O)CNC(=O)Nc1cc2c(Oc3ccc(I)cc3)cncc2s1.Nc1cc2c(Oc3ccc(I)cc3)cncc2s1.O=C(O)C(F)(F)F. The number of carbonyl (C=O) groups is 3. The van der Waals surface area contributed by atoms with Gasteiger partial charge in [-0.05, 0) is 113 Å². The van der Waals surface area contributed by atoms with Crippen LogP contribution in [0.4, 0.5) is 28.0 Å². The summed E-state index contributed by atoms with van der Waals surface area (Å²) < 4.78 is 52.5. The highest BCUT2D eigenvalue weighted by Crippen LogP contribution is 2.37. The molecular weight excluding hydrogens is 953 g/mol. The molecule has 0 aliphatic rings. The minimum atomic E-state index is -5.08. The maximum absolute atomic E-state index is 11.9. The first-order valence-electron chi connectivity index (χ1n) is 14.6. The molecule has 12 nitrogen and oxygen atoms in total. The van der Waals surface area contributed by atoms with Crippen LogP contribution in [0.2, 0.25) is 0 Å². The van der Waals surface area contributed by atoms with Crippen LogP contribution in [0.1, 0.15) is 6.92 Å². The van der Waals surface area contributed by atoms with Crippen molar-refractivity contribution in [3.05, 3.63) is 92.6 Å². The second kappa shape index (κ2) is 18.8. The Morgan fingerprint density at radius 1 is 0.827 bits per heavy atom. The van der Waals surface area contributed by atoms with E-state index in [0.717, 1.165) is 40.2 Å². The molecule has 0 fully saturated rings. The third kappa shape index (κ3) is 12.3. The zero-order chi connectivity index (χ0) is 37.8. The second-order valence-electron chi connectivity index (χ2n) is 9.89. The molecule has 6 rings (SSSR count). The molecule has 0 bridgehead atoms. The van der Waals surface area contributed by atoms with E-state index in [0.29, 0.717) is 16.5 Å². The number of hydrogen-bond acceptors (Lipinski definition) is 11. The highest BCUT2D eigenvalue weighted by molar-refractivity contribution is 14.1. The predicted molar refractivity (Wildman–Crippen MR) is 209 cm³/mol. The van der Waals surface area contributed by atoms with Gasteiger partial charge in [-0.1, -0.05) is 0 Å². The number of carboxylic acids is 1. The van der Waals surface area contributed by atoms with Crippen LogP contribution < -0.4 is 25.8 Å². The third-order valence-corrected chi connectivity index (χ3v) is 9.42.